The summed E-state index contributed by atoms with van der Waals surface area (Å²) in [6.07, 6.45) is 0.879. The van der Waals surface area contributed by atoms with Crippen LogP contribution in [0, 0.1) is 13.8 Å². The van der Waals surface area contributed by atoms with E-state index in [4.69, 9.17) is 4.74 Å². The van der Waals surface area contributed by atoms with Crippen LogP contribution >= 0.6 is 11.3 Å². The first kappa shape index (κ1) is 16.9. The van der Waals surface area contributed by atoms with Crippen LogP contribution in [0.5, 0.6) is 0 Å². The minimum Gasteiger partial charge on any atom is -0.374 e. The highest BCUT2D eigenvalue weighted by molar-refractivity contribution is 7.11. The number of morpholine rings is 1. The summed E-state index contributed by atoms with van der Waals surface area (Å²) >= 11 is 1.66. The molecule has 1 aliphatic heterocycles. The summed E-state index contributed by atoms with van der Waals surface area (Å²) in [5.74, 6) is 0. The van der Waals surface area contributed by atoms with Gasteiger partial charge in [-0.05, 0) is 19.4 Å². The van der Waals surface area contributed by atoms with Gasteiger partial charge in [-0.3, -0.25) is 0 Å². The van der Waals surface area contributed by atoms with Crippen LogP contribution in [0.1, 0.15) is 21.1 Å². The Morgan fingerprint density at radius 1 is 1.38 bits per heavy atom. The fourth-order valence-electron chi connectivity index (χ4n) is 2.91. The van der Waals surface area contributed by atoms with Crippen molar-refractivity contribution in [2.45, 2.75) is 32.9 Å². The third kappa shape index (κ3) is 4.33. The number of urea groups is 1. The maximum Gasteiger partial charge on any atom is 0.317 e. The van der Waals surface area contributed by atoms with E-state index >= 15 is 0 Å². The molecule has 0 radical (unpaired) electrons. The van der Waals surface area contributed by atoms with Gasteiger partial charge in [0.2, 0.25) is 0 Å². The number of carbonyl (C=O) groups is 1. The van der Waals surface area contributed by atoms with Crippen molar-refractivity contribution in [3.63, 3.8) is 0 Å². The molecule has 1 saturated heterocycles. The standard InChI is InChI=1S/C18H23N3O2S/c1-13-17(20-14(2)24-13)11-19-18(22)21-8-9-23-16(12-21)10-15-6-4-3-5-7-15/h3-7,16H,8-12H2,1-2H3,(H,19,22)/t16-/m1/s1. The van der Waals surface area contributed by atoms with E-state index in [1.54, 1.807) is 11.3 Å². The van der Waals surface area contributed by atoms with Crippen LogP contribution in [0.4, 0.5) is 4.79 Å². The number of thiazole rings is 1. The van der Waals surface area contributed by atoms with Crippen molar-refractivity contribution in [3.8, 4) is 0 Å². The van der Waals surface area contributed by atoms with Crippen molar-refractivity contribution in [2.75, 3.05) is 19.7 Å². The number of benzene rings is 1. The number of amides is 2. The van der Waals surface area contributed by atoms with E-state index in [0.717, 1.165) is 22.0 Å². The molecule has 0 bridgehead atoms. The van der Waals surface area contributed by atoms with Crippen molar-refractivity contribution in [1.82, 2.24) is 15.2 Å². The van der Waals surface area contributed by atoms with Crippen LogP contribution < -0.4 is 5.32 Å². The van der Waals surface area contributed by atoms with Gasteiger partial charge in [-0.15, -0.1) is 11.3 Å². The molecule has 3 rings (SSSR count). The molecule has 2 aromatic rings. The lowest BCUT2D eigenvalue weighted by Crippen LogP contribution is -2.50. The Morgan fingerprint density at radius 3 is 2.88 bits per heavy atom. The smallest absolute Gasteiger partial charge is 0.317 e. The van der Waals surface area contributed by atoms with Gasteiger partial charge in [0.1, 0.15) is 0 Å². The van der Waals surface area contributed by atoms with Gasteiger partial charge in [0.25, 0.3) is 0 Å². The SMILES string of the molecule is Cc1nc(CNC(=O)N2CCO[C@H](Cc3ccccc3)C2)c(C)s1. The summed E-state index contributed by atoms with van der Waals surface area (Å²) < 4.78 is 5.82. The molecule has 0 spiro atoms. The van der Waals surface area contributed by atoms with E-state index in [2.05, 4.69) is 22.4 Å². The van der Waals surface area contributed by atoms with Gasteiger partial charge in [-0.1, -0.05) is 30.3 Å². The lowest BCUT2D eigenvalue weighted by atomic mass is 10.1. The Labute approximate surface area is 146 Å². The molecule has 0 aliphatic carbocycles. The number of hydrogen-bond donors (Lipinski definition) is 1. The number of nitrogens with one attached hydrogen (secondary N) is 1. The fraction of sp³-hybridized carbons (Fsp3) is 0.444. The monoisotopic (exact) mass is 345 g/mol. The van der Waals surface area contributed by atoms with E-state index in [0.29, 0.717) is 26.2 Å². The average Bonchev–Trinajstić information content (AvgIpc) is 2.91. The van der Waals surface area contributed by atoms with Gasteiger partial charge in [0, 0.05) is 24.4 Å². The molecule has 1 atom stereocenters. The first-order valence-corrected chi connectivity index (χ1v) is 9.04. The minimum absolute atomic E-state index is 0.0404. The molecule has 6 heteroatoms. The first-order valence-electron chi connectivity index (χ1n) is 8.23. The molecule has 1 aromatic carbocycles. The van der Waals surface area contributed by atoms with Gasteiger partial charge in [0.05, 0.1) is 30.0 Å². The van der Waals surface area contributed by atoms with Gasteiger partial charge < -0.3 is 15.0 Å². The second-order valence-electron chi connectivity index (χ2n) is 6.02. The minimum atomic E-state index is -0.0404. The van der Waals surface area contributed by atoms with Crippen molar-refractivity contribution < 1.29 is 9.53 Å². The van der Waals surface area contributed by atoms with Gasteiger partial charge >= 0.3 is 6.03 Å². The first-order chi connectivity index (χ1) is 11.6. The van der Waals surface area contributed by atoms with Crippen molar-refractivity contribution in [3.05, 3.63) is 51.5 Å². The fourth-order valence-corrected chi connectivity index (χ4v) is 3.75. The third-order valence-electron chi connectivity index (χ3n) is 4.14. The molecular formula is C18H23N3O2S. The summed E-state index contributed by atoms with van der Waals surface area (Å²) in [5.41, 5.74) is 2.19. The summed E-state index contributed by atoms with van der Waals surface area (Å²) in [4.78, 5) is 19.9. The Bertz CT molecular complexity index is 687. The molecule has 5 nitrogen and oxygen atoms in total. The number of aryl methyl sites for hydroxylation is 2. The van der Waals surface area contributed by atoms with Crippen molar-refractivity contribution in [2.24, 2.45) is 0 Å². The molecule has 128 valence electrons. The predicted molar refractivity (Wildman–Crippen MR) is 95.3 cm³/mol. The molecule has 0 saturated carbocycles. The predicted octanol–water partition coefficient (Wildman–Crippen LogP) is 2.91. The summed E-state index contributed by atoms with van der Waals surface area (Å²) in [5, 5.41) is 4.02. The van der Waals surface area contributed by atoms with E-state index in [1.807, 2.05) is 36.9 Å². The number of nitrogens with zero attached hydrogens (tertiary/aromatic N) is 2. The Kier molecular flexibility index (Phi) is 5.48. The second-order valence-corrected chi connectivity index (χ2v) is 7.43. The highest BCUT2D eigenvalue weighted by Gasteiger charge is 2.24. The van der Waals surface area contributed by atoms with Crippen LogP contribution in [0.15, 0.2) is 30.3 Å². The molecular weight excluding hydrogens is 322 g/mol. The van der Waals surface area contributed by atoms with E-state index in [9.17, 15) is 4.79 Å². The number of ether oxygens (including phenoxy) is 1. The second kappa shape index (κ2) is 7.77. The summed E-state index contributed by atoms with van der Waals surface area (Å²) in [6.45, 7) is 6.34. The Morgan fingerprint density at radius 2 is 2.17 bits per heavy atom. The van der Waals surface area contributed by atoms with Crippen LogP contribution in [0.3, 0.4) is 0 Å². The van der Waals surface area contributed by atoms with Crippen LogP contribution in [0.25, 0.3) is 0 Å². The molecule has 1 aliphatic rings. The molecule has 1 fully saturated rings. The normalized spacial score (nSPS) is 17.8. The molecule has 1 aromatic heterocycles. The summed E-state index contributed by atoms with van der Waals surface area (Å²) in [7, 11) is 0. The third-order valence-corrected chi connectivity index (χ3v) is 5.07. The highest BCUT2D eigenvalue weighted by atomic mass is 32.1. The zero-order chi connectivity index (χ0) is 16.9. The maximum absolute atomic E-state index is 12.4. The number of aromatic nitrogens is 1. The Hall–Kier alpha value is -1.92. The topological polar surface area (TPSA) is 54.5 Å². The highest BCUT2D eigenvalue weighted by Crippen LogP contribution is 2.16. The van der Waals surface area contributed by atoms with Gasteiger partial charge in [-0.2, -0.15) is 0 Å². The quantitative estimate of drug-likeness (QED) is 0.927. The average molecular weight is 345 g/mol. The van der Waals surface area contributed by atoms with E-state index < -0.39 is 0 Å². The molecule has 24 heavy (non-hydrogen) atoms. The number of carbonyl (C=O) groups excluding carboxylic acids is 1. The van der Waals surface area contributed by atoms with Crippen LogP contribution in [0.2, 0.25) is 0 Å². The molecule has 2 amide bonds. The van der Waals surface area contributed by atoms with Gasteiger partial charge in [-0.25, -0.2) is 9.78 Å². The summed E-state index contributed by atoms with van der Waals surface area (Å²) in [6, 6.07) is 10.2. The largest absolute Gasteiger partial charge is 0.374 e. The van der Waals surface area contributed by atoms with Crippen LogP contribution in [-0.4, -0.2) is 41.7 Å². The number of rotatable bonds is 4. The van der Waals surface area contributed by atoms with E-state index in [1.165, 1.54) is 5.56 Å². The lowest BCUT2D eigenvalue weighted by molar-refractivity contribution is -0.0133. The molecule has 2 heterocycles. The Balaban J connectivity index is 1.52. The van der Waals surface area contributed by atoms with Crippen LogP contribution in [-0.2, 0) is 17.7 Å². The van der Waals surface area contributed by atoms with Crippen molar-refractivity contribution >= 4 is 17.4 Å². The lowest BCUT2D eigenvalue weighted by Gasteiger charge is -2.33. The molecule has 1 N–H and O–H groups in total. The zero-order valence-corrected chi connectivity index (χ0v) is 14.9. The maximum atomic E-state index is 12.4. The van der Waals surface area contributed by atoms with Crippen molar-refractivity contribution in [1.29, 1.82) is 0 Å². The zero-order valence-electron chi connectivity index (χ0n) is 14.1. The molecule has 0 unspecified atom stereocenters. The van der Waals surface area contributed by atoms with E-state index in [-0.39, 0.29) is 12.1 Å². The number of hydrogen-bond acceptors (Lipinski definition) is 4. The van der Waals surface area contributed by atoms with Gasteiger partial charge in [0.15, 0.2) is 0 Å².